The first kappa shape index (κ1) is 15.4. The van der Waals surface area contributed by atoms with Gasteiger partial charge in [-0.15, -0.1) is 0 Å². The third-order valence-corrected chi connectivity index (χ3v) is 2.88. The van der Waals surface area contributed by atoms with E-state index >= 15 is 0 Å². The Morgan fingerprint density at radius 2 is 1.81 bits per heavy atom. The van der Waals surface area contributed by atoms with E-state index in [0.717, 1.165) is 25.9 Å². The van der Waals surface area contributed by atoms with Crippen molar-refractivity contribution >= 4 is 5.91 Å². The lowest BCUT2D eigenvalue weighted by Crippen LogP contribution is -2.43. The molecule has 2 unspecified atom stereocenters. The van der Waals surface area contributed by atoms with Crippen LogP contribution in [0.3, 0.4) is 0 Å². The van der Waals surface area contributed by atoms with Gasteiger partial charge in [0.1, 0.15) is 0 Å². The summed E-state index contributed by atoms with van der Waals surface area (Å²) in [5, 5.41) is 6.21. The van der Waals surface area contributed by atoms with Crippen molar-refractivity contribution in [2.75, 3.05) is 13.1 Å². The molecule has 2 N–H and O–H groups in total. The van der Waals surface area contributed by atoms with Crippen LogP contribution in [0.1, 0.15) is 47.5 Å². The molecule has 0 saturated heterocycles. The van der Waals surface area contributed by atoms with Gasteiger partial charge in [-0.2, -0.15) is 0 Å². The molecule has 16 heavy (non-hydrogen) atoms. The first-order valence-electron chi connectivity index (χ1n) is 6.48. The SMILES string of the molecule is CCC(C)CNC(C)C(=O)NCCC(C)C. The number of carbonyl (C=O) groups excluding carboxylic acids is 1. The Labute approximate surface area is 100 Å². The molecule has 0 radical (unpaired) electrons. The van der Waals surface area contributed by atoms with Crippen LogP contribution in [0.15, 0.2) is 0 Å². The lowest BCUT2D eigenvalue weighted by Gasteiger charge is -2.17. The zero-order valence-corrected chi connectivity index (χ0v) is 11.5. The summed E-state index contributed by atoms with van der Waals surface area (Å²) in [4.78, 5) is 11.7. The molecule has 0 spiro atoms. The fourth-order valence-corrected chi connectivity index (χ4v) is 1.25. The summed E-state index contributed by atoms with van der Waals surface area (Å²) in [6.45, 7) is 12.3. The van der Waals surface area contributed by atoms with Crippen LogP contribution in [0.2, 0.25) is 0 Å². The molecule has 3 heteroatoms. The second kappa shape index (κ2) is 8.57. The summed E-state index contributed by atoms with van der Waals surface area (Å²) in [6, 6.07) is -0.0823. The van der Waals surface area contributed by atoms with Crippen LogP contribution in [0.4, 0.5) is 0 Å². The van der Waals surface area contributed by atoms with E-state index < -0.39 is 0 Å². The Morgan fingerprint density at radius 1 is 1.19 bits per heavy atom. The van der Waals surface area contributed by atoms with Crippen LogP contribution >= 0.6 is 0 Å². The minimum atomic E-state index is -0.0823. The van der Waals surface area contributed by atoms with E-state index in [1.54, 1.807) is 0 Å². The Bertz CT molecular complexity index is 192. The van der Waals surface area contributed by atoms with Gasteiger partial charge < -0.3 is 10.6 Å². The highest BCUT2D eigenvalue weighted by atomic mass is 16.2. The van der Waals surface area contributed by atoms with Crippen LogP contribution in [0.25, 0.3) is 0 Å². The fourth-order valence-electron chi connectivity index (χ4n) is 1.25. The summed E-state index contributed by atoms with van der Waals surface area (Å²) in [6.07, 6.45) is 2.19. The van der Waals surface area contributed by atoms with E-state index in [4.69, 9.17) is 0 Å². The van der Waals surface area contributed by atoms with Gasteiger partial charge in [0, 0.05) is 6.54 Å². The summed E-state index contributed by atoms with van der Waals surface area (Å²) in [7, 11) is 0. The largest absolute Gasteiger partial charge is 0.355 e. The van der Waals surface area contributed by atoms with E-state index in [0.29, 0.717) is 11.8 Å². The molecule has 0 rings (SSSR count). The molecule has 0 aliphatic carbocycles. The molecule has 0 fully saturated rings. The molecule has 3 nitrogen and oxygen atoms in total. The van der Waals surface area contributed by atoms with Gasteiger partial charge in [-0.25, -0.2) is 0 Å². The number of amides is 1. The average molecular weight is 228 g/mol. The maximum atomic E-state index is 11.7. The third kappa shape index (κ3) is 7.69. The molecule has 0 heterocycles. The van der Waals surface area contributed by atoms with Crippen molar-refractivity contribution in [2.24, 2.45) is 11.8 Å². The molecule has 1 amide bonds. The molecule has 0 aromatic heterocycles. The predicted molar refractivity (Wildman–Crippen MR) is 69.4 cm³/mol. The molecule has 0 aromatic rings. The second-order valence-electron chi connectivity index (χ2n) is 5.12. The Balaban J connectivity index is 3.65. The normalized spacial score (nSPS) is 14.9. The van der Waals surface area contributed by atoms with Crippen LogP contribution in [-0.4, -0.2) is 25.0 Å². The standard InChI is InChI=1S/C13H28N2O/c1-6-11(4)9-15-12(5)13(16)14-8-7-10(2)3/h10-12,15H,6-9H2,1-5H3,(H,14,16). The monoisotopic (exact) mass is 228 g/mol. The Hall–Kier alpha value is -0.570. The summed E-state index contributed by atoms with van der Waals surface area (Å²) in [5.74, 6) is 1.39. The minimum absolute atomic E-state index is 0.0823. The third-order valence-electron chi connectivity index (χ3n) is 2.88. The van der Waals surface area contributed by atoms with Crippen molar-refractivity contribution in [2.45, 2.75) is 53.5 Å². The van der Waals surface area contributed by atoms with E-state index in [1.165, 1.54) is 0 Å². The van der Waals surface area contributed by atoms with Crippen molar-refractivity contribution in [1.82, 2.24) is 10.6 Å². The lowest BCUT2D eigenvalue weighted by molar-refractivity contribution is -0.122. The van der Waals surface area contributed by atoms with Gasteiger partial charge in [0.2, 0.25) is 5.91 Å². The van der Waals surface area contributed by atoms with Gasteiger partial charge in [0.15, 0.2) is 0 Å². The summed E-state index contributed by atoms with van der Waals surface area (Å²) in [5.41, 5.74) is 0. The van der Waals surface area contributed by atoms with Gasteiger partial charge in [-0.3, -0.25) is 4.79 Å². The number of hydrogen-bond acceptors (Lipinski definition) is 2. The molecule has 0 aliphatic rings. The zero-order chi connectivity index (χ0) is 12.6. The molecule has 2 atom stereocenters. The van der Waals surface area contributed by atoms with Crippen LogP contribution in [0.5, 0.6) is 0 Å². The Morgan fingerprint density at radius 3 is 2.31 bits per heavy atom. The second-order valence-corrected chi connectivity index (χ2v) is 5.12. The molecule has 0 aliphatic heterocycles. The smallest absolute Gasteiger partial charge is 0.236 e. The van der Waals surface area contributed by atoms with E-state index in [-0.39, 0.29) is 11.9 Å². The van der Waals surface area contributed by atoms with Gasteiger partial charge in [-0.1, -0.05) is 34.1 Å². The topological polar surface area (TPSA) is 41.1 Å². The van der Waals surface area contributed by atoms with E-state index in [1.807, 2.05) is 6.92 Å². The van der Waals surface area contributed by atoms with E-state index in [2.05, 4.69) is 38.3 Å². The highest BCUT2D eigenvalue weighted by Gasteiger charge is 2.12. The van der Waals surface area contributed by atoms with Gasteiger partial charge in [0.05, 0.1) is 6.04 Å². The van der Waals surface area contributed by atoms with Crippen molar-refractivity contribution in [3.63, 3.8) is 0 Å². The maximum absolute atomic E-state index is 11.7. The molecule has 96 valence electrons. The van der Waals surface area contributed by atoms with Crippen molar-refractivity contribution in [3.05, 3.63) is 0 Å². The average Bonchev–Trinajstić information content (AvgIpc) is 2.24. The quantitative estimate of drug-likeness (QED) is 0.668. The van der Waals surface area contributed by atoms with Crippen LogP contribution in [-0.2, 0) is 4.79 Å². The van der Waals surface area contributed by atoms with Gasteiger partial charge in [0.25, 0.3) is 0 Å². The highest BCUT2D eigenvalue weighted by molar-refractivity contribution is 5.81. The summed E-state index contributed by atoms with van der Waals surface area (Å²) >= 11 is 0. The predicted octanol–water partition coefficient (Wildman–Crippen LogP) is 2.17. The zero-order valence-electron chi connectivity index (χ0n) is 11.5. The maximum Gasteiger partial charge on any atom is 0.236 e. The van der Waals surface area contributed by atoms with Crippen LogP contribution < -0.4 is 10.6 Å². The van der Waals surface area contributed by atoms with Gasteiger partial charge in [-0.05, 0) is 31.7 Å². The van der Waals surface area contributed by atoms with Crippen molar-refractivity contribution in [1.29, 1.82) is 0 Å². The lowest BCUT2D eigenvalue weighted by atomic mass is 10.1. The molecular weight excluding hydrogens is 200 g/mol. The molecule has 0 aromatic carbocycles. The molecular formula is C13H28N2O. The number of carbonyl (C=O) groups is 1. The minimum Gasteiger partial charge on any atom is -0.355 e. The molecule has 0 saturated carbocycles. The number of nitrogens with one attached hydrogen (secondary N) is 2. The first-order chi connectivity index (χ1) is 7.47. The first-order valence-corrected chi connectivity index (χ1v) is 6.48. The van der Waals surface area contributed by atoms with E-state index in [9.17, 15) is 4.79 Å². The Kier molecular flexibility index (Phi) is 8.26. The van der Waals surface area contributed by atoms with Crippen molar-refractivity contribution in [3.8, 4) is 0 Å². The van der Waals surface area contributed by atoms with Gasteiger partial charge >= 0.3 is 0 Å². The highest BCUT2D eigenvalue weighted by Crippen LogP contribution is 1.99. The van der Waals surface area contributed by atoms with Crippen molar-refractivity contribution < 1.29 is 4.79 Å². The summed E-state index contributed by atoms with van der Waals surface area (Å²) < 4.78 is 0. The number of rotatable bonds is 8. The van der Waals surface area contributed by atoms with Crippen LogP contribution in [0, 0.1) is 11.8 Å². The number of hydrogen-bond donors (Lipinski definition) is 2. The molecule has 0 bridgehead atoms. The fraction of sp³-hybridized carbons (Fsp3) is 0.923.